The van der Waals surface area contributed by atoms with Gasteiger partial charge in [0.05, 0.1) is 25.0 Å². The minimum Gasteiger partial charge on any atom is -0.493 e. The van der Waals surface area contributed by atoms with Crippen molar-refractivity contribution in [3.63, 3.8) is 0 Å². The average Bonchev–Trinajstić information content (AvgIpc) is 2.57. The molecule has 2 atom stereocenters. The number of nitrogens with two attached hydrogens (primary N) is 1. The lowest BCUT2D eigenvalue weighted by Crippen LogP contribution is -2.25. The maximum Gasteiger partial charge on any atom is 0.161 e. The molecule has 0 spiro atoms. The average molecular weight is 211 g/mol. The fourth-order valence-electron chi connectivity index (χ4n) is 1.63. The Labute approximate surface area is 91.4 Å². The summed E-state index contributed by atoms with van der Waals surface area (Å²) in [6, 6.07) is -0.0348. The summed E-state index contributed by atoms with van der Waals surface area (Å²) in [5, 5.41) is 4.16. The highest BCUT2D eigenvalue weighted by molar-refractivity contribution is 5.28. The van der Waals surface area contributed by atoms with Crippen LogP contribution >= 0.6 is 0 Å². The topological polar surface area (TPSA) is 53.1 Å². The van der Waals surface area contributed by atoms with E-state index in [1.807, 2.05) is 7.05 Å². The van der Waals surface area contributed by atoms with Crippen molar-refractivity contribution in [1.29, 1.82) is 0 Å². The normalized spacial score (nSPS) is 15.4. The Kier molecular flexibility index (Phi) is 3.74. The standard InChI is InChI=1S/C11H21N3O/c1-7(2)8(3)10(12)11-9(15-5)6-13-14(11)4/h6-8,10H,12H2,1-5H3. The van der Waals surface area contributed by atoms with Gasteiger partial charge in [0.2, 0.25) is 0 Å². The third kappa shape index (κ3) is 2.31. The molecule has 1 aromatic rings. The summed E-state index contributed by atoms with van der Waals surface area (Å²) in [5.41, 5.74) is 7.19. The second-order valence-corrected chi connectivity index (χ2v) is 4.35. The van der Waals surface area contributed by atoms with Crippen LogP contribution in [0.4, 0.5) is 0 Å². The Morgan fingerprint density at radius 3 is 2.47 bits per heavy atom. The molecule has 1 rings (SSSR count). The van der Waals surface area contributed by atoms with E-state index < -0.39 is 0 Å². The summed E-state index contributed by atoms with van der Waals surface area (Å²) in [7, 11) is 3.54. The predicted molar refractivity (Wildman–Crippen MR) is 60.7 cm³/mol. The minimum atomic E-state index is -0.0348. The molecule has 0 fully saturated rings. The van der Waals surface area contributed by atoms with E-state index in [1.54, 1.807) is 18.0 Å². The molecule has 1 aromatic heterocycles. The van der Waals surface area contributed by atoms with E-state index in [1.165, 1.54) is 0 Å². The van der Waals surface area contributed by atoms with E-state index >= 15 is 0 Å². The van der Waals surface area contributed by atoms with Gasteiger partial charge < -0.3 is 10.5 Å². The molecular weight excluding hydrogens is 190 g/mol. The van der Waals surface area contributed by atoms with Crippen LogP contribution in [0.2, 0.25) is 0 Å². The number of aromatic nitrogens is 2. The number of ether oxygens (including phenoxy) is 1. The molecule has 4 nitrogen and oxygen atoms in total. The second-order valence-electron chi connectivity index (χ2n) is 4.35. The van der Waals surface area contributed by atoms with Crippen molar-refractivity contribution in [2.75, 3.05) is 7.11 Å². The predicted octanol–water partition coefficient (Wildman–Crippen LogP) is 1.72. The molecule has 0 bridgehead atoms. The van der Waals surface area contributed by atoms with E-state index in [0.717, 1.165) is 11.4 Å². The molecule has 1 heterocycles. The molecule has 0 saturated carbocycles. The van der Waals surface area contributed by atoms with Gasteiger partial charge in [-0.05, 0) is 11.8 Å². The van der Waals surface area contributed by atoms with Gasteiger partial charge in [-0.25, -0.2) is 0 Å². The number of hydrogen-bond donors (Lipinski definition) is 1. The molecule has 0 aliphatic rings. The SMILES string of the molecule is COc1cnn(C)c1C(N)C(C)C(C)C. The van der Waals surface area contributed by atoms with Crippen molar-refractivity contribution in [3.8, 4) is 5.75 Å². The number of rotatable bonds is 4. The molecule has 15 heavy (non-hydrogen) atoms. The molecular formula is C11H21N3O. The van der Waals surface area contributed by atoms with Gasteiger partial charge in [0.1, 0.15) is 0 Å². The van der Waals surface area contributed by atoms with Crippen molar-refractivity contribution in [1.82, 2.24) is 9.78 Å². The van der Waals surface area contributed by atoms with Crippen molar-refractivity contribution in [2.45, 2.75) is 26.8 Å². The van der Waals surface area contributed by atoms with Crippen LogP contribution in [0.5, 0.6) is 5.75 Å². The Balaban J connectivity index is 2.98. The first kappa shape index (κ1) is 12.0. The summed E-state index contributed by atoms with van der Waals surface area (Å²) < 4.78 is 7.05. The quantitative estimate of drug-likeness (QED) is 0.825. The fraction of sp³-hybridized carbons (Fsp3) is 0.727. The van der Waals surface area contributed by atoms with Gasteiger partial charge in [-0.1, -0.05) is 20.8 Å². The summed E-state index contributed by atoms with van der Waals surface area (Å²) in [6.45, 7) is 6.50. The van der Waals surface area contributed by atoms with Crippen LogP contribution in [0.1, 0.15) is 32.5 Å². The first-order valence-corrected chi connectivity index (χ1v) is 5.30. The van der Waals surface area contributed by atoms with E-state index in [4.69, 9.17) is 10.5 Å². The molecule has 0 amide bonds. The Morgan fingerprint density at radius 1 is 1.40 bits per heavy atom. The zero-order valence-corrected chi connectivity index (χ0v) is 10.2. The van der Waals surface area contributed by atoms with Crippen LogP contribution in [-0.2, 0) is 7.05 Å². The fourth-order valence-corrected chi connectivity index (χ4v) is 1.63. The van der Waals surface area contributed by atoms with E-state index in [0.29, 0.717) is 11.8 Å². The zero-order valence-electron chi connectivity index (χ0n) is 10.2. The molecule has 0 aromatic carbocycles. The van der Waals surface area contributed by atoms with E-state index in [2.05, 4.69) is 25.9 Å². The van der Waals surface area contributed by atoms with Crippen LogP contribution in [0.15, 0.2) is 6.20 Å². The first-order valence-electron chi connectivity index (χ1n) is 5.30. The van der Waals surface area contributed by atoms with Crippen LogP contribution in [0, 0.1) is 11.8 Å². The summed E-state index contributed by atoms with van der Waals surface area (Å²) in [6.07, 6.45) is 1.71. The van der Waals surface area contributed by atoms with Crippen molar-refractivity contribution in [2.24, 2.45) is 24.6 Å². The van der Waals surface area contributed by atoms with Gasteiger partial charge >= 0.3 is 0 Å². The maximum absolute atomic E-state index is 6.22. The molecule has 86 valence electrons. The highest BCUT2D eigenvalue weighted by Crippen LogP contribution is 2.30. The third-order valence-corrected chi connectivity index (χ3v) is 3.10. The number of aryl methyl sites for hydroxylation is 1. The Morgan fingerprint density at radius 2 is 2.00 bits per heavy atom. The molecule has 2 unspecified atom stereocenters. The van der Waals surface area contributed by atoms with Gasteiger partial charge in [0, 0.05) is 7.05 Å². The smallest absolute Gasteiger partial charge is 0.161 e. The van der Waals surface area contributed by atoms with Crippen LogP contribution < -0.4 is 10.5 Å². The van der Waals surface area contributed by atoms with Gasteiger partial charge in [-0.2, -0.15) is 5.10 Å². The lowest BCUT2D eigenvalue weighted by atomic mass is 9.89. The van der Waals surface area contributed by atoms with Crippen LogP contribution in [0.3, 0.4) is 0 Å². The largest absolute Gasteiger partial charge is 0.493 e. The van der Waals surface area contributed by atoms with E-state index in [9.17, 15) is 0 Å². The summed E-state index contributed by atoms with van der Waals surface area (Å²) in [5.74, 6) is 1.71. The van der Waals surface area contributed by atoms with Crippen molar-refractivity contribution >= 4 is 0 Å². The monoisotopic (exact) mass is 211 g/mol. The lowest BCUT2D eigenvalue weighted by Gasteiger charge is -2.24. The molecule has 0 radical (unpaired) electrons. The lowest BCUT2D eigenvalue weighted by molar-refractivity contribution is 0.327. The van der Waals surface area contributed by atoms with Gasteiger partial charge in [-0.15, -0.1) is 0 Å². The number of nitrogens with zero attached hydrogens (tertiary/aromatic N) is 2. The highest BCUT2D eigenvalue weighted by atomic mass is 16.5. The van der Waals surface area contributed by atoms with E-state index in [-0.39, 0.29) is 6.04 Å². The van der Waals surface area contributed by atoms with Gasteiger partial charge in [-0.3, -0.25) is 4.68 Å². The summed E-state index contributed by atoms with van der Waals surface area (Å²) >= 11 is 0. The molecule has 0 aliphatic carbocycles. The Hall–Kier alpha value is -1.03. The maximum atomic E-state index is 6.22. The van der Waals surface area contributed by atoms with Gasteiger partial charge in [0.15, 0.2) is 5.75 Å². The molecule has 2 N–H and O–H groups in total. The number of hydrogen-bond acceptors (Lipinski definition) is 3. The summed E-state index contributed by atoms with van der Waals surface area (Å²) in [4.78, 5) is 0. The highest BCUT2D eigenvalue weighted by Gasteiger charge is 2.24. The second kappa shape index (κ2) is 4.66. The van der Waals surface area contributed by atoms with Gasteiger partial charge in [0.25, 0.3) is 0 Å². The van der Waals surface area contributed by atoms with Crippen LogP contribution in [0.25, 0.3) is 0 Å². The molecule has 0 aliphatic heterocycles. The first-order chi connectivity index (χ1) is 6.99. The zero-order chi connectivity index (χ0) is 11.6. The number of methoxy groups -OCH3 is 1. The molecule has 0 saturated heterocycles. The minimum absolute atomic E-state index is 0.0348. The molecule has 4 heteroatoms. The Bertz CT molecular complexity index is 320. The van der Waals surface area contributed by atoms with Crippen molar-refractivity contribution < 1.29 is 4.74 Å². The van der Waals surface area contributed by atoms with Crippen molar-refractivity contribution in [3.05, 3.63) is 11.9 Å². The van der Waals surface area contributed by atoms with Crippen LogP contribution in [-0.4, -0.2) is 16.9 Å². The third-order valence-electron chi connectivity index (χ3n) is 3.10.